The number of likely N-dealkylation sites (tertiary alicyclic amines) is 1. The largest absolute Gasteiger partial charge is 0.357 e. The van der Waals surface area contributed by atoms with Gasteiger partial charge in [0.15, 0.2) is 0 Å². The van der Waals surface area contributed by atoms with Crippen molar-refractivity contribution in [1.29, 1.82) is 0 Å². The molecule has 1 saturated heterocycles. The van der Waals surface area contributed by atoms with E-state index in [1.54, 1.807) is 18.9 Å². The van der Waals surface area contributed by atoms with Gasteiger partial charge in [0.2, 0.25) is 5.91 Å². The van der Waals surface area contributed by atoms with Gasteiger partial charge in [-0.1, -0.05) is 0 Å². The molecule has 0 aromatic carbocycles. The molecule has 2 amide bonds. The van der Waals surface area contributed by atoms with Crippen LogP contribution in [0.15, 0.2) is 0 Å². The molecule has 19 heavy (non-hydrogen) atoms. The summed E-state index contributed by atoms with van der Waals surface area (Å²) < 4.78 is 0. The summed E-state index contributed by atoms with van der Waals surface area (Å²) >= 11 is 0. The van der Waals surface area contributed by atoms with E-state index in [2.05, 4.69) is 15.5 Å². The molecule has 0 spiro atoms. The van der Waals surface area contributed by atoms with Crippen LogP contribution in [0.1, 0.15) is 41.0 Å². The van der Waals surface area contributed by atoms with Crippen molar-refractivity contribution < 1.29 is 9.59 Å². The summed E-state index contributed by atoms with van der Waals surface area (Å²) in [6.45, 7) is 4.25. The minimum atomic E-state index is -0.361. The molecule has 6 heteroatoms. The molecule has 1 aliphatic rings. The number of hydrogen-bond acceptors (Lipinski definition) is 3. The van der Waals surface area contributed by atoms with Crippen LogP contribution >= 0.6 is 0 Å². The van der Waals surface area contributed by atoms with Gasteiger partial charge in [0, 0.05) is 19.3 Å². The molecule has 0 radical (unpaired) electrons. The Morgan fingerprint density at radius 1 is 1.37 bits per heavy atom. The monoisotopic (exact) mass is 264 g/mol. The molecule has 1 fully saturated rings. The number of rotatable bonds is 2. The molecule has 2 heterocycles. The molecule has 0 saturated carbocycles. The number of amides is 2. The van der Waals surface area contributed by atoms with E-state index in [4.69, 9.17) is 0 Å². The van der Waals surface area contributed by atoms with Crippen LogP contribution in [0.5, 0.6) is 0 Å². The van der Waals surface area contributed by atoms with Crippen molar-refractivity contribution in [1.82, 2.24) is 20.4 Å². The third-order valence-electron chi connectivity index (χ3n) is 3.65. The number of aromatic nitrogens is 2. The van der Waals surface area contributed by atoms with Gasteiger partial charge in [0.25, 0.3) is 5.91 Å². The van der Waals surface area contributed by atoms with Crippen molar-refractivity contribution in [2.24, 2.45) is 0 Å². The van der Waals surface area contributed by atoms with E-state index < -0.39 is 0 Å². The Hall–Kier alpha value is -1.85. The van der Waals surface area contributed by atoms with E-state index in [1.165, 1.54) is 0 Å². The second-order valence-corrected chi connectivity index (χ2v) is 4.93. The minimum absolute atomic E-state index is 0.0909. The average Bonchev–Trinajstić information content (AvgIpc) is 2.76. The molecule has 1 atom stereocenters. The zero-order valence-corrected chi connectivity index (χ0v) is 11.6. The number of hydrogen-bond donors (Lipinski definition) is 2. The lowest BCUT2D eigenvalue weighted by atomic mass is 9.99. The van der Waals surface area contributed by atoms with Gasteiger partial charge < -0.3 is 10.2 Å². The van der Waals surface area contributed by atoms with Gasteiger partial charge in [-0.15, -0.1) is 0 Å². The highest BCUT2D eigenvalue weighted by Gasteiger charge is 2.33. The number of piperidine rings is 1. The van der Waals surface area contributed by atoms with E-state index in [-0.39, 0.29) is 17.9 Å². The number of aryl methyl sites for hydroxylation is 2. The lowest BCUT2D eigenvalue weighted by Gasteiger charge is -2.34. The molecular formula is C13H20N4O2. The van der Waals surface area contributed by atoms with Gasteiger partial charge in [0.1, 0.15) is 6.04 Å². The summed E-state index contributed by atoms with van der Waals surface area (Å²) in [6, 6.07) is -0.361. The van der Waals surface area contributed by atoms with Gasteiger partial charge in [-0.25, -0.2) is 0 Å². The Morgan fingerprint density at radius 3 is 2.68 bits per heavy atom. The van der Waals surface area contributed by atoms with Crippen LogP contribution in [0.3, 0.4) is 0 Å². The fourth-order valence-electron chi connectivity index (χ4n) is 2.62. The molecule has 104 valence electrons. The summed E-state index contributed by atoms with van der Waals surface area (Å²) in [5, 5.41) is 9.50. The zero-order chi connectivity index (χ0) is 14.0. The van der Waals surface area contributed by atoms with E-state index >= 15 is 0 Å². The highest BCUT2D eigenvalue weighted by Crippen LogP contribution is 2.22. The van der Waals surface area contributed by atoms with Crippen LogP contribution < -0.4 is 5.32 Å². The van der Waals surface area contributed by atoms with Crippen LogP contribution in [0.2, 0.25) is 0 Å². The maximum absolute atomic E-state index is 12.6. The smallest absolute Gasteiger partial charge is 0.258 e. The number of carbonyl (C=O) groups is 2. The molecule has 0 bridgehead atoms. The number of aromatic amines is 1. The van der Waals surface area contributed by atoms with Crippen molar-refractivity contribution in [2.45, 2.75) is 39.2 Å². The first kappa shape index (κ1) is 13.6. The molecule has 1 aromatic heterocycles. The summed E-state index contributed by atoms with van der Waals surface area (Å²) in [7, 11) is 1.61. The predicted molar refractivity (Wildman–Crippen MR) is 70.8 cm³/mol. The van der Waals surface area contributed by atoms with Crippen LogP contribution in [0.4, 0.5) is 0 Å². The summed E-state index contributed by atoms with van der Waals surface area (Å²) in [4.78, 5) is 26.2. The van der Waals surface area contributed by atoms with Crippen molar-refractivity contribution in [3.63, 3.8) is 0 Å². The normalized spacial score (nSPS) is 19.3. The number of nitrogens with zero attached hydrogens (tertiary/aromatic N) is 2. The quantitative estimate of drug-likeness (QED) is 0.828. The predicted octanol–water partition coefficient (Wildman–Crippen LogP) is 0.767. The number of carbonyl (C=O) groups excluding carboxylic acids is 2. The summed E-state index contributed by atoms with van der Waals surface area (Å²) in [5.74, 6) is -0.191. The summed E-state index contributed by atoms with van der Waals surface area (Å²) in [6.07, 6.45) is 2.64. The Kier molecular flexibility index (Phi) is 3.87. The van der Waals surface area contributed by atoms with Crippen molar-refractivity contribution in [2.75, 3.05) is 13.6 Å². The molecule has 2 N–H and O–H groups in total. The zero-order valence-electron chi connectivity index (χ0n) is 11.6. The molecule has 1 aliphatic heterocycles. The lowest BCUT2D eigenvalue weighted by Crippen LogP contribution is -2.51. The third kappa shape index (κ3) is 2.47. The maximum atomic E-state index is 12.6. The van der Waals surface area contributed by atoms with Crippen molar-refractivity contribution in [3.05, 3.63) is 17.0 Å². The van der Waals surface area contributed by atoms with Gasteiger partial charge in [-0.3, -0.25) is 14.7 Å². The highest BCUT2D eigenvalue weighted by molar-refractivity contribution is 5.99. The summed E-state index contributed by atoms with van der Waals surface area (Å²) in [5.41, 5.74) is 2.03. The first-order valence-corrected chi connectivity index (χ1v) is 6.60. The van der Waals surface area contributed by atoms with E-state index in [9.17, 15) is 9.59 Å². The lowest BCUT2D eigenvalue weighted by molar-refractivity contribution is -0.126. The Labute approximate surface area is 112 Å². The van der Waals surface area contributed by atoms with Gasteiger partial charge in [-0.2, -0.15) is 5.10 Å². The second kappa shape index (κ2) is 5.42. The van der Waals surface area contributed by atoms with Gasteiger partial charge >= 0.3 is 0 Å². The molecule has 2 rings (SSSR count). The van der Waals surface area contributed by atoms with Gasteiger partial charge in [-0.05, 0) is 33.1 Å². The SMILES string of the molecule is CNC(=O)C1CCCCN1C(=O)c1c(C)n[nH]c1C. The van der Waals surface area contributed by atoms with Crippen LogP contribution in [0.25, 0.3) is 0 Å². The molecular weight excluding hydrogens is 244 g/mol. The molecule has 0 aliphatic carbocycles. The molecule has 6 nitrogen and oxygen atoms in total. The van der Waals surface area contributed by atoms with Crippen LogP contribution in [0, 0.1) is 13.8 Å². The fraction of sp³-hybridized carbons (Fsp3) is 0.615. The van der Waals surface area contributed by atoms with Gasteiger partial charge in [0.05, 0.1) is 11.3 Å². The van der Waals surface area contributed by atoms with E-state index in [0.717, 1.165) is 25.0 Å². The van der Waals surface area contributed by atoms with Crippen LogP contribution in [-0.2, 0) is 4.79 Å². The third-order valence-corrected chi connectivity index (χ3v) is 3.65. The minimum Gasteiger partial charge on any atom is -0.357 e. The second-order valence-electron chi connectivity index (χ2n) is 4.93. The first-order chi connectivity index (χ1) is 9.06. The number of likely N-dealkylation sites (N-methyl/N-ethyl adjacent to an activating group) is 1. The van der Waals surface area contributed by atoms with Crippen molar-refractivity contribution in [3.8, 4) is 0 Å². The fourth-order valence-corrected chi connectivity index (χ4v) is 2.62. The first-order valence-electron chi connectivity index (χ1n) is 6.60. The topological polar surface area (TPSA) is 78.1 Å². The Bertz CT molecular complexity index is 475. The van der Waals surface area contributed by atoms with E-state index in [0.29, 0.717) is 17.8 Å². The highest BCUT2D eigenvalue weighted by atomic mass is 16.2. The number of H-pyrrole nitrogens is 1. The Morgan fingerprint density at radius 2 is 2.11 bits per heavy atom. The standard InChI is InChI=1S/C13H20N4O2/c1-8-11(9(2)16-15-8)13(19)17-7-5-4-6-10(17)12(18)14-3/h10H,4-7H2,1-3H3,(H,14,18)(H,15,16). The average molecular weight is 264 g/mol. The van der Waals surface area contributed by atoms with Crippen LogP contribution in [-0.4, -0.2) is 46.5 Å². The molecule has 1 unspecified atom stereocenters. The van der Waals surface area contributed by atoms with Crippen molar-refractivity contribution >= 4 is 11.8 Å². The maximum Gasteiger partial charge on any atom is 0.258 e. The number of nitrogens with one attached hydrogen (secondary N) is 2. The molecule has 1 aromatic rings. The Balaban J connectivity index is 2.28. The van der Waals surface area contributed by atoms with E-state index in [1.807, 2.05) is 6.92 Å².